The zero-order chi connectivity index (χ0) is 13.2. The van der Waals surface area contributed by atoms with Crippen LogP contribution in [0.25, 0.3) is 0 Å². The van der Waals surface area contributed by atoms with Crippen LogP contribution in [0.4, 0.5) is 4.39 Å². The van der Waals surface area contributed by atoms with Gasteiger partial charge < -0.3 is 14.6 Å². The molecule has 3 rings (SSSR count). The van der Waals surface area contributed by atoms with E-state index in [-0.39, 0.29) is 5.56 Å². The first-order chi connectivity index (χ1) is 9.25. The summed E-state index contributed by atoms with van der Waals surface area (Å²) in [6.07, 6.45) is 1.47. The number of pyridine rings is 1. The third-order valence-corrected chi connectivity index (χ3v) is 2.98. The van der Waals surface area contributed by atoms with Crippen molar-refractivity contribution in [3.05, 3.63) is 53.6 Å². The van der Waals surface area contributed by atoms with Gasteiger partial charge in [-0.1, -0.05) is 6.07 Å². The topological polar surface area (TPSA) is 51.6 Å². The average molecular weight is 261 g/mol. The number of ether oxygens (including phenoxy) is 2. The van der Waals surface area contributed by atoms with Crippen molar-refractivity contribution >= 4 is 0 Å². The Bertz CT molecular complexity index is 603. The van der Waals surface area contributed by atoms with Crippen molar-refractivity contribution in [3.63, 3.8) is 0 Å². The molecule has 1 aliphatic heterocycles. The zero-order valence-corrected chi connectivity index (χ0v) is 10.0. The SMILES string of the molecule is OC(c1ccc2c(c1)OCCO2)c1ccncc1F. The number of halogens is 1. The van der Waals surface area contributed by atoms with Crippen molar-refractivity contribution in [1.82, 2.24) is 4.98 Å². The first kappa shape index (κ1) is 11.9. The maximum atomic E-state index is 13.6. The minimum atomic E-state index is -1.06. The van der Waals surface area contributed by atoms with Crippen molar-refractivity contribution in [2.24, 2.45) is 0 Å². The van der Waals surface area contributed by atoms with Crippen LogP contribution in [0.1, 0.15) is 17.2 Å². The van der Waals surface area contributed by atoms with Gasteiger partial charge in [0.25, 0.3) is 0 Å². The standard InChI is InChI=1S/C14H12FNO3/c15-11-8-16-4-3-10(11)14(17)9-1-2-12-13(7-9)19-6-5-18-12/h1-4,7-8,14,17H,5-6H2. The third-order valence-electron chi connectivity index (χ3n) is 2.98. The van der Waals surface area contributed by atoms with E-state index in [4.69, 9.17) is 9.47 Å². The molecule has 0 spiro atoms. The first-order valence-corrected chi connectivity index (χ1v) is 5.93. The van der Waals surface area contributed by atoms with Gasteiger partial charge in [0.1, 0.15) is 25.1 Å². The van der Waals surface area contributed by atoms with E-state index in [0.29, 0.717) is 30.3 Å². The quantitative estimate of drug-likeness (QED) is 0.899. The number of hydrogen-bond acceptors (Lipinski definition) is 4. The lowest BCUT2D eigenvalue weighted by Gasteiger charge is -2.20. The molecule has 0 saturated carbocycles. The van der Waals surface area contributed by atoms with E-state index in [1.165, 1.54) is 12.3 Å². The summed E-state index contributed by atoms with van der Waals surface area (Å²) in [6.45, 7) is 0.976. The van der Waals surface area contributed by atoms with E-state index in [0.717, 1.165) is 6.20 Å². The molecule has 0 saturated heterocycles. The second-order valence-corrected chi connectivity index (χ2v) is 4.20. The molecule has 0 bridgehead atoms. The molecule has 1 aromatic carbocycles. The Morgan fingerprint density at radius 3 is 2.74 bits per heavy atom. The highest BCUT2D eigenvalue weighted by atomic mass is 19.1. The fourth-order valence-electron chi connectivity index (χ4n) is 2.02. The van der Waals surface area contributed by atoms with Gasteiger partial charge in [-0.15, -0.1) is 0 Å². The summed E-state index contributed by atoms with van der Waals surface area (Å²) in [6, 6.07) is 6.53. The highest BCUT2D eigenvalue weighted by molar-refractivity contribution is 5.46. The van der Waals surface area contributed by atoms with Crippen LogP contribution in [-0.2, 0) is 0 Å². The summed E-state index contributed by atoms with van der Waals surface area (Å²) in [5, 5.41) is 10.2. The predicted molar refractivity (Wildman–Crippen MR) is 65.7 cm³/mol. The molecule has 1 N–H and O–H groups in total. The van der Waals surface area contributed by atoms with Gasteiger partial charge in [0.05, 0.1) is 6.20 Å². The molecule has 0 fully saturated rings. The van der Waals surface area contributed by atoms with Gasteiger partial charge in [0, 0.05) is 11.8 Å². The molecule has 1 atom stereocenters. The van der Waals surface area contributed by atoms with Crippen LogP contribution in [0.2, 0.25) is 0 Å². The van der Waals surface area contributed by atoms with Crippen molar-refractivity contribution < 1.29 is 19.0 Å². The highest BCUT2D eigenvalue weighted by Crippen LogP contribution is 2.34. The maximum absolute atomic E-state index is 13.6. The molecule has 0 aliphatic carbocycles. The minimum absolute atomic E-state index is 0.187. The number of hydrogen-bond donors (Lipinski definition) is 1. The van der Waals surface area contributed by atoms with Gasteiger partial charge in [0.2, 0.25) is 0 Å². The molecule has 5 heteroatoms. The van der Waals surface area contributed by atoms with E-state index in [2.05, 4.69) is 4.98 Å². The highest BCUT2D eigenvalue weighted by Gasteiger charge is 2.18. The van der Waals surface area contributed by atoms with Crippen LogP contribution >= 0.6 is 0 Å². The number of fused-ring (bicyclic) bond motifs is 1. The van der Waals surface area contributed by atoms with Gasteiger partial charge in [-0.3, -0.25) is 4.98 Å². The van der Waals surface area contributed by atoms with Crippen LogP contribution in [0, 0.1) is 5.82 Å². The molecule has 2 heterocycles. The lowest BCUT2D eigenvalue weighted by atomic mass is 10.0. The Kier molecular flexibility index (Phi) is 3.05. The largest absolute Gasteiger partial charge is 0.486 e. The summed E-state index contributed by atoms with van der Waals surface area (Å²) >= 11 is 0. The summed E-state index contributed by atoms with van der Waals surface area (Å²) < 4.78 is 24.4. The van der Waals surface area contributed by atoms with Crippen LogP contribution < -0.4 is 9.47 Å². The van der Waals surface area contributed by atoms with Crippen LogP contribution in [-0.4, -0.2) is 23.3 Å². The fourth-order valence-corrected chi connectivity index (χ4v) is 2.02. The molecular weight excluding hydrogens is 249 g/mol. The summed E-state index contributed by atoms with van der Waals surface area (Å²) in [5.74, 6) is 0.666. The van der Waals surface area contributed by atoms with Crippen molar-refractivity contribution in [2.75, 3.05) is 13.2 Å². The smallest absolute Gasteiger partial charge is 0.161 e. The number of aliphatic hydroxyl groups is 1. The van der Waals surface area contributed by atoms with E-state index in [1.807, 2.05) is 0 Å². The lowest BCUT2D eigenvalue weighted by Crippen LogP contribution is -2.15. The average Bonchev–Trinajstić information content (AvgIpc) is 2.46. The van der Waals surface area contributed by atoms with Gasteiger partial charge in [0.15, 0.2) is 11.5 Å². The van der Waals surface area contributed by atoms with Crippen LogP contribution in [0.5, 0.6) is 11.5 Å². The summed E-state index contributed by atoms with van der Waals surface area (Å²) in [4.78, 5) is 3.66. The molecule has 0 amide bonds. The second kappa shape index (κ2) is 4.85. The maximum Gasteiger partial charge on any atom is 0.161 e. The summed E-state index contributed by atoms with van der Waals surface area (Å²) in [7, 11) is 0. The predicted octanol–water partition coefficient (Wildman–Crippen LogP) is 2.07. The molecule has 1 unspecified atom stereocenters. The fraction of sp³-hybridized carbons (Fsp3) is 0.214. The Morgan fingerprint density at radius 2 is 1.95 bits per heavy atom. The van der Waals surface area contributed by atoms with E-state index < -0.39 is 11.9 Å². The monoisotopic (exact) mass is 261 g/mol. The zero-order valence-electron chi connectivity index (χ0n) is 10.0. The van der Waals surface area contributed by atoms with E-state index >= 15 is 0 Å². The van der Waals surface area contributed by atoms with Gasteiger partial charge >= 0.3 is 0 Å². The Morgan fingerprint density at radius 1 is 1.16 bits per heavy atom. The summed E-state index contributed by atoms with van der Waals surface area (Å²) in [5.41, 5.74) is 0.737. The third kappa shape index (κ3) is 2.24. The number of rotatable bonds is 2. The van der Waals surface area contributed by atoms with Gasteiger partial charge in [-0.25, -0.2) is 4.39 Å². The molecular formula is C14H12FNO3. The second-order valence-electron chi connectivity index (χ2n) is 4.20. The van der Waals surface area contributed by atoms with E-state index in [1.54, 1.807) is 18.2 Å². The molecule has 1 aromatic heterocycles. The molecule has 1 aliphatic rings. The normalized spacial score (nSPS) is 15.1. The molecule has 19 heavy (non-hydrogen) atoms. The van der Waals surface area contributed by atoms with Crippen molar-refractivity contribution in [3.8, 4) is 11.5 Å². The number of nitrogens with zero attached hydrogens (tertiary/aromatic N) is 1. The van der Waals surface area contributed by atoms with Gasteiger partial charge in [-0.05, 0) is 23.8 Å². The molecule has 4 nitrogen and oxygen atoms in total. The number of benzene rings is 1. The first-order valence-electron chi connectivity index (χ1n) is 5.93. The number of aliphatic hydroxyl groups excluding tert-OH is 1. The number of aromatic nitrogens is 1. The van der Waals surface area contributed by atoms with E-state index in [9.17, 15) is 9.50 Å². The Balaban J connectivity index is 1.96. The lowest BCUT2D eigenvalue weighted by molar-refractivity contribution is 0.169. The van der Waals surface area contributed by atoms with Gasteiger partial charge in [-0.2, -0.15) is 0 Å². The minimum Gasteiger partial charge on any atom is -0.486 e. The van der Waals surface area contributed by atoms with Crippen molar-refractivity contribution in [1.29, 1.82) is 0 Å². The van der Waals surface area contributed by atoms with Crippen molar-refractivity contribution in [2.45, 2.75) is 6.10 Å². The molecule has 98 valence electrons. The Hall–Kier alpha value is -2.14. The Labute approximate surface area is 109 Å². The van der Waals surface area contributed by atoms with Crippen LogP contribution in [0.3, 0.4) is 0 Å². The molecule has 2 aromatic rings. The molecule has 0 radical (unpaired) electrons. The van der Waals surface area contributed by atoms with Crippen LogP contribution in [0.15, 0.2) is 36.7 Å².